The second kappa shape index (κ2) is 39.9. The Morgan fingerprint density at radius 1 is 0.372 bits per heavy atom. The van der Waals surface area contributed by atoms with E-state index in [-0.39, 0.29) is 0 Å². The van der Waals surface area contributed by atoms with Gasteiger partial charge in [0.15, 0.2) is 37.7 Å². The third kappa shape index (κ3) is 20.8. The van der Waals surface area contributed by atoms with Crippen molar-refractivity contribution in [2.45, 2.75) is 297 Å². The van der Waals surface area contributed by atoms with Gasteiger partial charge >= 0.3 is 11.9 Å². The first-order valence-electron chi connectivity index (χ1n) is 35.4. The van der Waals surface area contributed by atoms with Gasteiger partial charge in [0.1, 0.15) is 183 Å². The maximum absolute atomic E-state index is 13.6. The zero-order valence-corrected chi connectivity index (χ0v) is 60.4. The summed E-state index contributed by atoms with van der Waals surface area (Å²) in [6.45, 7) is -6.18. The average molecular weight is 1660 g/mol. The molecule has 0 bridgehead atoms. The van der Waals surface area contributed by atoms with Crippen LogP contribution in [0.1, 0.15) is 40.5 Å². The molecule has 8 heterocycles. The van der Waals surface area contributed by atoms with Crippen LogP contribution in [0.2, 0.25) is 0 Å². The lowest BCUT2D eigenvalue weighted by Gasteiger charge is -2.52. The number of aliphatic hydroxyl groups excluding tert-OH is 24. The number of nitrogens with one attached hydrogen (secondary N) is 4. The van der Waals surface area contributed by atoms with Crippen molar-refractivity contribution in [2.75, 3.05) is 52.9 Å². The lowest BCUT2D eigenvalue weighted by molar-refractivity contribution is -0.392. The van der Waals surface area contributed by atoms with Crippen molar-refractivity contribution in [1.82, 2.24) is 21.3 Å². The molecule has 0 spiro atoms. The number of carbonyl (C=O) groups is 6. The van der Waals surface area contributed by atoms with Gasteiger partial charge in [-0.3, -0.25) is 19.2 Å². The summed E-state index contributed by atoms with van der Waals surface area (Å²) in [5.74, 6) is -15.2. The largest absolute Gasteiger partial charge is 0.477 e. The quantitative estimate of drug-likeness (QED) is 0.0297. The molecule has 8 rings (SSSR count). The summed E-state index contributed by atoms with van der Waals surface area (Å²) in [4.78, 5) is 78.2. The summed E-state index contributed by atoms with van der Waals surface area (Å²) in [5.41, 5.74) is 0. The predicted molar refractivity (Wildman–Crippen MR) is 345 cm³/mol. The molecule has 0 aliphatic carbocycles. The highest BCUT2D eigenvalue weighted by atomic mass is 16.8. The molecule has 8 aliphatic heterocycles. The molecule has 8 fully saturated rings. The number of aliphatic carboxylic acids is 2. The van der Waals surface area contributed by atoms with Crippen molar-refractivity contribution in [3.8, 4) is 0 Å². The van der Waals surface area contributed by atoms with Crippen LogP contribution >= 0.6 is 0 Å². The van der Waals surface area contributed by atoms with Gasteiger partial charge in [-0.25, -0.2) is 9.59 Å². The molecule has 652 valence electrons. The summed E-state index contributed by atoms with van der Waals surface area (Å²) < 4.78 is 87.8. The van der Waals surface area contributed by atoms with E-state index in [0.717, 1.165) is 27.7 Å². The average Bonchev–Trinajstić information content (AvgIpc) is 0.766. The van der Waals surface area contributed by atoms with Crippen LogP contribution in [0, 0.1) is 0 Å². The van der Waals surface area contributed by atoms with Crippen LogP contribution in [0.15, 0.2) is 0 Å². The molecule has 30 N–H and O–H groups in total. The van der Waals surface area contributed by atoms with Crippen molar-refractivity contribution in [1.29, 1.82) is 0 Å². The minimum Gasteiger partial charge on any atom is -0.477 e. The van der Waals surface area contributed by atoms with Crippen molar-refractivity contribution in [3.63, 3.8) is 0 Å². The fraction of sp³-hybridized carbons (Fsp3) is 0.903. The summed E-state index contributed by atoms with van der Waals surface area (Å²) in [5, 5.41) is 296. The molecule has 113 heavy (non-hydrogen) atoms. The van der Waals surface area contributed by atoms with Gasteiger partial charge in [-0.05, 0) is 0 Å². The van der Waals surface area contributed by atoms with E-state index in [2.05, 4.69) is 21.3 Å². The first kappa shape index (κ1) is 93.8. The lowest BCUT2D eigenvalue weighted by atomic mass is 9.88. The van der Waals surface area contributed by atoms with Crippen molar-refractivity contribution in [2.24, 2.45) is 0 Å². The molecule has 8 saturated heterocycles. The molecule has 1 unspecified atom stereocenters. The van der Waals surface area contributed by atoms with Gasteiger partial charge in [0, 0.05) is 40.5 Å². The monoisotopic (exact) mass is 1650 g/mol. The third-order valence-electron chi connectivity index (χ3n) is 20.2. The summed E-state index contributed by atoms with van der Waals surface area (Å²) in [7, 11) is 0. The first-order chi connectivity index (χ1) is 53.1. The Morgan fingerprint density at radius 2 is 0.752 bits per heavy atom. The van der Waals surface area contributed by atoms with Crippen LogP contribution in [-0.4, -0.2) is 478 Å². The van der Waals surface area contributed by atoms with E-state index in [1.54, 1.807) is 0 Å². The molecule has 0 radical (unpaired) electrons. The number of carbonyl (C=O) groups excluding carboxylic acids is 4. The fourth-order valence-corrected chi connectivity index (χ4v) is 14.3. The van der Waals surface area contributed by atoms with E-state index in [4.69, 9.17) is 71.1 Å². The van der Waals surface area contributed by atoms with Crippen LogP contribution in [0.3, 0.4) is 0 Å². The van der Waals surface area contributed by atoms with Gasteiger partial charge in [0.25, 0.3) is 11.6 Å². The second-order valence-corrected chi connectivity index (χ2v) is 28.2. The predicted octanol–water partition coefficient (Wildman–Crippen LogP) is -19.5. The van der Waals surface area contributed by atoms with Gasteiger partial charge in [0.2, 0.25) is 23.6 Å². The van der Waals surface area contributed by atoms with E-state index < -0.39 is 358 Å². The van der Waals surface area contributed by atoms with E-state index in [1.807, 2.05) is 0 Å². The Labute approximate surface area is 637 Å². The number of rotatable bonds is 32. The molecular formula is C62H102N4O47. The molecule has 51 heteroatoms. The topological polar surface area (TPSA) is 815 Å². The Kier molecular flexibility index (Phi) is 33.1. The number of hydrogen-bond acceptors (Lipinski definition) is 45. The van der Waals surface area contributed by atoms with Gasteiger partial charge in [0.05, 0.1) is 77.1 Å². The zero-order chi connectivity index (χ0) is 84.1. The molecule has 0 saturated carbocycles. The summed E-state index contributed by atoms with van der Waals surface area (Å²) >= 11 is 0. The summed E-state index contributed by atoms with van der Waals surface area (Å²) in [6.07, 6.45) is -83.8. The molecular weight excluding hydrogens is 1550 g/mol. The molecule has 0 aromatic rings. The van der Waals surface area contributed by atoms with Gasteiger partial charge in [-0.15, -0.1) is 0 Å². The zero-order valence-electron chi connectivity index (χ0n) is 60.4. The van der Waals surface area contributed by atoms with E-state index >= 15 is 0 Å². The van der Waals surface area contributed by atoms with E-state index in [0.29, 0.717) is 0 Å². The van der Waals surface area contributed by atoms with Crippen LogP contribution in [0.25, 0.3) is 0 Å². The van der Waals surface area contributed by atoms with E-state index in [9.17, 15) is 162 Å². The molecule has 8 aliphatic rings. The normalized spacial score (nSPS) is 45.6. The lowest BCUT2D eigenvalue weighted by Crippen LogP contribution is -2.72. The molecule has 0 aromatic heterocycles. The highest BCUT2D eigenvalue weighted by molar-refractivity contribution is 5.78. The molecule has 4 amide bonds. The highest BCUT2D eigenvalue weighted by Gasteiger charge is 2.64. The second-order valence-electron chi connectivity index (χ2n) is 28.2. The minimum absolute atomic E-state index is 0.794. The number of amides is 4. The maximum atomic E-state index is 13.6. The Balaban J connectivity index is 1.21. The number of carboxylic acid groups (broad SMARTS) is 2. The number of hydrogen-bond donors (Lipinski definition) is 30. The van der Waals surface area contributed by atoms with Gasteiger partial charge < -0.3 is 225 Å². The van der Waals surface area contributed by atoms with Crippen molar-refractivity contribution >= 4 is 35.6 Å². The number of ether oxygens (including phenoxy) is 15. The standard InChI is InChI=1S/C62H102N4O47/c1-15(73)63-29-19(77)5-61(59(95)96,111-49(29)33(81)21(79)7-67)100-14-28-37(85)48(109-58-45(93)52(36(84)24(10-70)103-58)113-62(60(97)98)6-20(78)30(64-16(2)74)50(112-62)34(82)22(80)8-68)32(66-18(4)76)55(105-28)110-51-38(86)27(106-57(44(51)92)108-47-25(11-71)101-53(94)42(90)41(47)89)13-99-54-31(65-17(3)75)39(87)46(26(12-72)104-54)107-56-43(91)40(88)35(83)23(9-69)102-56/h19-58,67-72,77-94H,5-14H2,1-4H3,(H,63,73)(H,64,74)(H,65,75)(H,66,76)(H,95,96)(H,97,98)/t19-,20-,21+,22+,23+,24+,25+,26+,27+,28+,29+,30+,31+,32+,33+,34+,35-,36-,37+,38-,39+,40-,41+,42+,43+,44+,45+,46+,47+,48+,49+,50+,51-,52-,53?,54+,55-,56-,57-,58-,61+,62-/m0/s1. The van der Waals surface area contributed by atoms with Gasteiger partial charge in [-0.1, -0.05) is 0 Å². The maximum Gasteiger partial charge on any atom is 0.364 e. The Bertz CT molecular complexity index is 3110. The SMILES string of the molecule is CC(=O)N[C@H]1[C@H](OC[C@H]2O[C@@H](O[C@H]3[C@H](O)[C@@H](O)C(O)O[C@@H]3CO)[C@H](O)[C@@H](O[C@@H]3O[C@H](CO[C@]4(C(=O)O)C[C@H](O)[C@@H](NC(C)=O)[C@H]([C@H](O)[C@H](O)CO)O4)[C@@H](O)[C@H](O[C@@H]4O[C@H](CO)[C@H](O)[C@H](O[C@]5(C(=O)O)C[C@H](O)[C@@H](NC(C)=O)[C@H]([C@H](O)[C@H](O)CO)O5)[C@H]4O)[C@H]3NC(C)=O)[C@H]2O)O[C@H](CO)[C@@H](O[C@@H]2O[C@H](CO)[C@H](O)[C@H](O)[C@H]2O)[C@@H]1O. The van der Waals surface area contributed by atoms with Crippen molar-refractivity contribution < 1.29 is 233 Å². The Hall–Kier alpha value is -4.74. The Morgan fingerprint density at radius 3 is 1.25 bits per heavy atom. The van der Waals surface area contributed by atoms with Crippen LogP contribution < -0.4 is 21.3 Å². The van der Waals surface area contributed by atoms with E-state index in [1.165, 1.54) is 0 Å². The van der Waals surface area contributed by atoms with Crippen LogP contribution in [0.5, 0.6) is 0 Å². The van der Waals surface area contributed by atoms with Gasteiger partial charge in [-0.2, -0.15) is 0 Å². The van der Waals surface area contributed by atoms with Crippen LogP contribution in [-0.2, 0) is 99.8 Å². The van der Waals surface area contributed by atoms with Crippen molar-refractivity contribution in [3.05, 3.63) is 0 Å². The smallest absolute Gasteiger partial charge is 0.364 e. The fourth-order valence-electron chi connectivity index (χ4n) is 14.3. The third-order valence-corrected chi connectivity index (χ3v) is 20.2. The summed E-state index contributed by atoms with van der Waals surface area (Å²) in [6, 6.07) is -7.83. The molecule has 42 atom stereocenters. The number of aliphatic hydroxyl groups is 24. The molecule has 0 aromatic carbocycles. The first-order valence-corrected chi connectivity index (χ1v) is 35.4. The van der Waals surface area contributed by atoms with Crippen LogP contribution in [0.4, 0.5) is 0 Å². The minimum atomic E-state index is -3.43. The highest BCUT2D eigenvalue weighted by Crippen LogP contribution is 2.42. The molecule has 51 nitrogen and oxygen atoms in total. The number of carboxylic acids is 2.